The first-order chi connectivity index (χ1) is 9.49. The van der Waals surface area contributed by atoms with Gasteiger partial charge in [-0.2, -0.15) is 0 Å². The van der Waals surface area contributed by atoms with E-state index in [0.717, 1.165) is 18.1 Å². The largest absolute Gasteiger partial charge is 0.390 e. The van der Waals surface area contributed by atoms with Crippen LogP contribution in [0.5, 0.6) is 0 Å². The highest BCUT2D eigenvalue weighted by Crippen LogP contribution is 2.38. The van der Waals surface area contributed by atoms with E-state index in [1.807, 2.05) is 18.9 Å². The lowest BCUT2D eigenvalue weighted by atomic mass is 9.94. The second kappa shape index (κ2) is 6.62. The molecule has 1 saturated heterocycles. The Bertz CT molecular complexity index is 368. The molecule has 2 rings (SSSR count). The van der Waals surface area contributed by atoms with Gasteiger partial charge in [-0.1, -0.05) is 25.6 Å². The zero-order valence-electron chi connectivity index (χ0n) is 12.1. The van der Waals surface area contributed by atoms with Gasteiger partial charge in [0.15, 0.2) is 5.17 Å². The third-order valence-corrected chi connectivity index (χ3v) is 5.02. The van der Waals surface area contributed by atoms with Crippen molar-refractivity contribution in [2.45, 2.75) is 62.6 Å². The summed E-state index contributed by atoms with van der Waals surface area (Å²) in [6.45, 7) is 4.79. The summed E-state index contributed by atoms with van der Waals surface area (Å²) in [5.74, 6) is 0. The molecule has 2 aliphatic rings. The van der Waals surface area contributed by atoms with Crippen LogP contribution in [-0.2, 0) is 4.74 Å². The topological polar surface area (TPSA) is 85.5 Å². The number of aliphatic hydroxyl groups is 3. The average molecular weight is 304 g/mol. The Kier molecular flexibility index (Phi) is 5.30. The SMILES string of the molecule is CCCN(C)C1=N[C@@H]2C(O)[C@H](O)C([C@@H](O)CC)O[C@@H]2S1. The number of ether oxygens (including phenoxy) is 1. The van der Waals surface area contributed by atoms with Gasteiger partial charge < -0.3 is 25.0 Å². The molecule has 0 radical (unpaired) electrons. The number of aliphatic imine (C=N–C) groups is 1. The smallest absolute Gasteiger partial charge is 0.162 e. The lowest BCUT2D eigenvalue weighted by Gasteiger charge is -2.40. The van der Waals surface area contributed by atoms with Gasteiger partial charge in [0.1, 0.15) is 29.8 Å². The van der Waals surface area contributed by atoms with E-state index in [1.165, 1.54) is 11.8 Å². The lowest BCUT2D eigenvalue weighted by Crippen LogP contribution is -2.58. The summed E-state index contributed by atoms with van der Waals surface area (Å²) in [6, 6.07) is -0.468. The average Bonchev–Trinajstić information content (AvgIpc) is 2.86. The number of rotatable bonds is 4. The van der Waals surface area contributed by atoms with Crippen molar-refractivity contribution in [3.05, 3.63) is 0 Å². The first kappa shape index (κ1) is 16.0. The second-order valence-corrected chi connectivity index (χ2v) is 6.43. The van der Waals surface area contributed by atoms with Gasteiger partial charge >= 0.3 is 0 Å². The monoisotopic (exact) mass is 304 g/mol. The Balaban J connectivity index is 2.09. The molecule has 0 aromatic heterocycles. The van der Waals surface area contributed by atoms with E-state index in [4.69, 9.17) is 4.74 Å². The molecular weight excluding hydrogens is 280 g/mol. The molecule has 20 heavy (non-hydrogen) atoms. The highest BCUT2D eigenvalue weighted by atomic mass is 32.2. The summed E-state index contributed by atoms with van der Waals surface area (Å²) in [5, 5.41) is 31.0. The van der Waals surface area contributed by atoms with E-state index in [1.54, 1.807) is 0 Å². The Morgan fingerprint density at radius 3 is 2.65 bits per heavy atom. The standard InChI is InChI=1S/C13H24N2O4S/c1-4-6-15(3)13-14-8-9(17)10(18)11(7(16)5-2)19-12(8)20-13/h7-12,16-18H,4-6H2,1-3H3/t7-,8+,9?,10-,11?,12+/m0/s1. The van der Waals surface area contributed by atoms with Gasteiger partial charge in [0.25, 0.3) is 0 Å². The molecule has 2 aliphatic heterocycles. The molecule has 0 aliphatic carbocycles. The van der Waals surface area contributed by atoms with Crippen LogP contribution >= 0.6 is 11.8 Å². The number of aliphatic hydroxyl groups excluding tert-OH is 3. The van der Waals surface area contributed by atoms with E-state index in [-0.39, 0.29) is 5.44 Å². The van der Waals surface area contributed by atoms with E-state index < -0.39 is 30.5 Å². The fourth-order valence-corrected chi connectivity index (χ4v) is 3.75. The van der Waals surface area contributed by atoms with Crippen molar-refractivity contribution in [2.75, 3.05) is 13.6 Å². The quantitative estimate of drug-likeness (QED) is 0.679. The maximum absolute atomic E-state index is 10.2. The van der Waals surface area contributed by atoms with Crippen LogP contribution in [-0.4, -0.2) is 74.9 Å². The molecule has 2 heterocycles. The van der Waals surface area contributed by atoms with Gasteiger partial charge in [0, 0.05) is 13.6 Å². The van der Waals surface area contributed by atoms with Crippen molar-refractivity contribution in [2.24, 2.45) is 4.99 Å². The normalized spacial score (nSPS) is 38.3. The predicted octanol–water partition coefficient (Wildman–Crippen LogP) is 0.0172. The maximum atomic E-state index is 10.2. The molecule has 2 unspecified atom stereocenters. The second-order valence-electron chi connectivity index (χ2n) is 5.37. The van der Waals surface area contributed by atoms with Crippen LogP contribution in [0.2, 0.25) is 0 Å². The third-order valence-electron chi connectivity index (χ3n) is 3.77. The summed E-state index contributed by atoms with van der Waals surface area (Å²) in [5.41, 5.74) is -0.339. The minimum atomic E-state index is -1.11. The molecule has 0 aromatic carbocycles. The number of hydrogen-bond acceptors (Lipinski definition) is 7. The maximum Gasteiger partial charge on any atom is 0.162 e. The highest BCUT2D eigenvalue weighted by Gasteiger charge is 2.50. The molecule has 1 fully saturated rings. The van der Waals surface area contributed by atoms with Crippen molar-refractivity contribution < 1.29 is 20.1 Å². The van der Waals surface area contributed by atoms with Crippen LogP contribution in [0.3, 0.4) is 0 Å². The summed E-state index contributed by atoms with van der Waals surface area (Å²) >= 11 is 1.45. The molecule has 3 N–H and O–H groups in total. The summed E-state index contributed by atoms with van der Waals surface area (Å²) in [4.78, 5) is 6.49. The van der Waals surface area contributed by atoms with Crippen molar-refractivity contribution in [1.29, 1.82) is 0 Å². The van der Waals surface area contributed by atoms with Gasteiger partial charge in [0.05, 0.1) is 6.10 Å². The molecule has 6 atom stereocenters. The van der Waals surface area contributed by atoms with Crippen LogP contribution in [0, 0.1) is 0 Å². The van der Waals surface area contributed by atoms with E-state index >= 15 is 0 Å². The van der Waals surface area contributed by atoms with E-state index in [2.05, 4.69) is 11.9 Å². The predicted molar refractivity (Wildman–Crippen MR) is 78.7 cm³/mol. The minimum absolute atomic E-state index is 0.339. The Morgan fingerprint density at radius 2 is 2.05 bits per heavy atom. The van der Waals surface area contributed by atoms with E-state index in [9.17, 15) is 15.3 Å². The van der Waals surface area contributed by atoms with Crippen LogP contribution in [0.15, 0.2) is 4.99 Å². The molecule has 0 aromatic rings. The van der Waals surface area contributed by atoms with E-state index in [0.29, 0.717) is 6.42 Å². The molecule has 0 bridgehead atoms. The van der Waals surface area contributed by atoms with Crippen molar-refractivity contribution >= 4 is 16.9 Å². The Morgan fingerprint density at radius 1 is 1.35 bits per heavy atom. The molecular formula is C13H24N2O4S. The first-order valence-electron chi connectivity index (χ1n) is 7.14. The summed E-state index contributed by atoms with van der Waals surface area (Å²) in [6.07, 6.45) is -2.16. The lowest BCUT2D eigenvalue weighted by molar-refractivity contribution is -0.185. The Hall–Kier alpha value is -0.340. The molecule has 6 nitrogen and oxygen atoms in total. The van der Waals surface area contributed by atoms with Crippen LogP contribution in [0.25, 0.3) is 0 Å². The van der Waals surface area contributed by atoms with Crippen molar-refractivity contribution in [3.8, 4) is 0 Å². The van der Waals surface area contributed by atoms with Gasteiger partial charge in [-0.15, -0.1) is 0 Å². The zero-order chi connectivity index (χ0) is 14.9. The van der Waals surface area contributed by atoms with Crippen LogP contribution < -0.4 is 0 Å². The van der Waals surface area contributed by atoms with Gasteiger partial charge in [-0.05, 0) is 12.8 Å². The number of amidine groups is 1. The highest BCUT2D eigenvalue weighted by molar-refractivity contribution is 8.14. The zero-order valence-corrected chi connectivity index (χ0v) is 13.0. The molecule has 116 valence electrons. The summed E-state index contributed by atoms with van der Waals surface area (Å²) in [7, 11) is 1.95. The number of hydrogen-bond donors (Lipinski definition) is 3. The van der Waals surface area contributed by atoms with Crippen LogP contribution in [0.1, 0.15) is 26.7 Å². The number of nitrogens with zero attached hydrogens (tertiary/aromatic N) is 2. The molecule has 0 saturated carbocycles. The molecule has 0 spiro atoms. The summed E-state index contributed by atoms with van der Waals surface area (Å²) < 4.78 is 5.77. The van der Waals surface area contributed by atoms with Gasteiger partial charge in [-0.3, -0.25) is 4.99 Å². The van der Waals surface area contributed by atoms with Gasteiger partial charge in [0.2, 0.25) is 0 Å². The fraction of sp³-hybridized carbons (Fsp3) is 0.923. The number of thioether (sulfide) groups is 1. The van der Waals surface area contributed by atoms with Gasteiger partial charge in [-0.25, -0.2) is 0 Å². The minimum Gasteiger partial charge on any atom is -0.390 e. The van der Waals surface area contributed by atoms with Crippen LogP contribution in [0.4, 0.5) is 0 Å². The van der Waals surface area contributed by atoms with Crippen molar-refractivity contribution in [1.82, 2.24) is 4.90 Å². The Labute approximate surface area is 123 Å². The third kappa shape index (κ3) is 2.96. The van der Waals surface area contributed by atoms with Crippen molar-refractivity contribution in [3.63, 3.8) is 0 Å². The number of fused-ring (bicyclic) bond motifs is 1. The fourth-order valence-electron chi connectivity index (χ4n) is 2.54. The molecule has 7 heteroatoms. The molecule has 0 amide bonds. The first-order valence-corrected chi connectivity index (χ1v) is 8.02.